The lowest BCUT2D eigenvalue weighted by atomic mass is 10.2. The van der Waals surface area contributed by atoms with Gasteiger partial charge in [-0.2, -0.15) is 4.68 Å². The van der Waals surface area contributed by atoms with Gasteiger partial charge in [0.15, 0.2) is 0 Å². The number of anilines is 1. The molecule has 2 aromatic carbocycles. The van der Waals surface area contributed by atoms with Gasteiger partial charge in [0.2, 0.25) is 11.1 Å². The minimum Gasteiger partial charge on any atom is -0.497 e. The minimum absolute atomic E-state index is 0.0175. The SMILES string of the molecule is COC(=O)c1ccc(Cl)cc1NC(=O)CSc1nnnn1-c1ccc(OC)cc1. The Hall–Kier alpha value is -3.11. The Morgan fingerprint density at radius 3 is 2.62 bits per heavy atom. The van der Waals surface area contributed by atoms with Crippen molar-refractivity contribution in [3.8, 4) is 11.4 Å². The number of tetrazole rings is 1. The number of carbonyl (C=O) groups is 2. The third kappa shape index (κ3) is 5.04. The van der Waals surface area contributed by atoms with Crippen LogP contribution in [0.1, 0.15) is 10.4 Å². The molecule has 150 valence electrons. The van der Waals surface area contributed by atoms with Gasteiger partial charge in [0.05, 0.1) is 36.9 Å². The van der Waals surface area contributed by atoms with E-state index in [0.717, 1.165) is 17.4 Å². The number of nitrogens with one attached hydrogen (secondary N) is 1. The molecular formula is C18H16ClN5O4S. The second-order valence-corrected chi connectivity index (χ2v) is 6.97. The molecule has 3 aromatic rings. The summed E-state index contributed by atoms with van der Waals surface area (Å²) in [6.45, 7) is 0. The largest absolute Gasteiger partial charge is 0.497 e. The Morgan fingerprint density at radius 1 is 1.17 bits per heavy atom. The molecule has 11 heteroatoms. The topological polar surface area (TPSA) is 108 Å². The van der Waals surface area contributed by atoms with E-state index in [0.29, 0.717) is 15.9 Å². The molecule has 29 heavy (non-hydrogen) atoms. The van der Waals surface area contributed by atoms with Gasteiger partial charge < -0.3 is 14.8 Å². The molecule has 0 atom stereocenters. The van der Waals surface area contributed by atoms with Gasteiger partial charge in [0, 0.05) is 5.02 Å². The van der Waals surface area contributed by atoms with Crippen molar-refractivity contribution in [1.29, 1.82) is 0 Å². The standard InChI is InChI=1S/C18H16ClN5O4S/c1-27-13-6-4-12(5-7-13)24-18(21-22-23-24)29-10-16(25)20-15-9-11(19)3-8-14(15)17(26)28-2/h3-9H,10H2,1-2H3,(H,20,25). The summed E-state index contributed by atoms with van der Waals surface area (Å²) in [6.07, 6.45) is 0. The number of methoxy groups -OCH3 is 2. The number of thioether (sulfide) groups is 1. The van der Waals surface area contributed by atoms with Crippen LogP contribution in [-0.4, -0.2) is 52.1 Å². The first-order valence-electron chi connectivity index (χ1n) is 8.25. The van der Waals surface area contributed by atoms with Crippen LogP contribution < -0.4 is 10.1 Å². The molecule has 0 aliphatic carbocycles. The molecule has 0 radical (unpaired) electrons. The Kier molecular flexibility index (Phi) is 6.68. The fraction of sp³-hybridized carbons (Fsp3) is 0.167. The number of carbonyl (C=O) groups excluding carboxylic acids is 2. The molecule has 0 unspecified atom stereocenters. The molecule has 1 N–H and O–H groups in total. The molecule has 0 fully saturated rings. The van der Waals surface area contributed by atoms with Crippen molar-refractivity contribution >= 4 is 40.9 Å². The summed E-state index contributed by atoms with van der Waals surface area (Å²) in [5, 5.41) is 15.0. The predicted molar refractivity (Wildman–Crippen MR) is 108 cm³/mol. The summed E-state index contributed by atoms with van der Waals surface area (Å²) in [7, 11) is 2.84. The fourth-order valence-corrected chi connectivity index (χ4v) is 3.24. The zero-order valence-electron chi connectivity index (χ0n) is 15.5. The minimum atomic E-state index is -0.576. The van der Waals surface area contributed by atoms with Gasteiger partial charge in [0.25, 0.3) is 0 Å². The average molecular weight is 434 g/mol. The molecule has 0 saturated heterocycles. The fourth-order valence-electron chi connectivity index (χ4n) is 2.38. The second kappa shape index (κ2) is 9.39. The van der Waals surface area contributed by atoms with Gasteiger partial charge in [-0.1, -0.05) is 23.4 Å². The van der Waals surface area contributed by atoms with Crippen LogP contribution in [0.3, 0.4) is 0 Å². The van der Waals surface area contributed by atoms with Crippen molar-refractivity contribution in [3.05, 3.63) is 53.1 Å². The number of hydrogen-bond donors (Lipinski definition) is 1. The molecule has 0 spiro atoms. The Balaban J connectivity index is 1.69. The lowest BCUT2D eigenvalue weighted by molar-refractivity contribution is -0.113. The monoisotopic (exact) mass is 433 g/mol. The summed E-state index contributed by atoms with van der Waals surface area (Å²) in [6, 6.07) is 11.7. The summed E-state index contributed by atoms with van der Waals surface area (Å²) < 4.78 is 11.4. The highest BCUT2D eigenvalue weighted by Crippen LogP contribution is 2.24. The van der Waals surface area contributed by atoms with Crippen LogP contribution in [0.25, 0.3) is 5.69 Å². The molecule has 0 aliphatic rings. The third-order valence-corrected chi connectivity index (χ3v) is 4.91. The quantitative estimate of drug-likeness (QED) is 0.447. The summed E-state index contributed by atoms with van der Waals surface area (Å²) in [5.41, 5.74) is 1.20. The maximum atomic E-state index is 12.4. The number of benzene rings is 2. The van der Waals surface area contributed by atoms with Crippen molar-refractivity contribution in [3.63, 3.8) is 0 Å². The lowest BCUT2D eigenvalue weighted by Gasteiger charge is -2.10. The number of aromatic nitrogens is 4. The van der Waals surface area contributed by atoms with Gasteiger partial charge in [-0.15, -0.1) is 5.10 Å². The van der Waals surface area contributed by atoms with E-state index >= 15 is 0 Å². The van der Waals surface area contributed by atoms with Crippen LogP contribution in [0.15, 0.2) is 47.6 Å². The number of amides is 1. The van der Waals surface area contributed by atoms with E-state index in [1.165, 1.54) is 23.9 Å². The normalized spacial score (nSPS) is 10.4. The number of nitrogens with zero attached hydrogens (tertiary/aromatic N) is 4. The molecule has 0 aliphatic heterocycles. The van der Waals surface area contributed by atoms with Gasteiger partial charge in [0.1, 0.15) is 5.75 Å². The van der Waals surface area contributed by atoms with Crippen molar-refractivity contribution < 1.29 is 19.1 Å². The molecular weight excluding hydrogens is 418 g/mol. The van der Waals surface area contributed by atoms with Gasteiger partial charge in [-0.05, 0) is 52.9 Å². The highest BCUT2D eigenvalue weighted by atomic mass is 35.5. The number of ether oxygens (including phenoxy) is 2. The van der Waals surface area contributed by atoms with Crippen molar-refractivity contribution in [1.82, 2.24) is 20.2 Å². The van der Waals surface area contributed by atoms with E-state index in [1.54, 1.807) is 37.4 Å². The number of esters is 1. The van der Waals surface area contributed by atoms with Gasteiger partial charge in [-0.3, -0.25) is 4.79 Å². The van der Waals surface area contributed by atoms with Crippen molar-refractivity contribution in [2.75, 3.05) is 25.3 Å². The zero-order chi connectivity index (χ0) is 20.8. The van der Waals surface area contributed by atoms with Crippen molar-refractivity contribution in [2.24, 2.45) is 0 Å². The van der Waals surface area contributed by atoms with Crippen LogP contribution in [0.5, 0.6) is 5.75 Å². The maximum absolute atomic E-state index is 12.4. The van der Waals surface area contributed by atoms with Crippen molar-refractivity contribution in [2.45, 2.75) is 5.16 Å². The number of rotatable bonds is 7. The zero-order valence-corrected chi connectivity index (χ0v) is 17.0. The van der Waals surface area contributed by atoms with E-state index in [9.17, 15) is 9.59 Å². The van der Waals surface area contributed by atoms with E-state index < -0.39 is 5.97 Å². The Bertz CT molecular complexity index is 1030. The van der Waals surface area contributed by atoms with E-state index in [2.05, 4.69) is 20.8 Å². The first kappa shape index (κ1) is 20.6. The Labute approximate surface area is 175 Å². The first-order valence-corrected chi connectivity index (χ1v) is 9.61. The molecule has 3 rings (SSSR count). The molecule has 1 heterocycles. The smallest absolute Gasteiger partial charge is 0.339 e. The number of halogens is 1. The molecule has 0 bridgehead atoms. The van der Waals surface area contributed by atoms with E-state index in [-0.39, 0.29) is 22.9 Å². The van der Waals surface area contributed by atoms with Gasteiger partial charge >= 0.3 is 5.97 Å². The molecule has 1 aromatic heterocycles. The van der Waals surface area contributed by atoms with Crippen LogP contribution in [-0.2, 0) is 9.53 Å². The maximum Gasteiger partial charge on any atom is 0.339 e. The highest BCUT2D eigenvalue weighted by Gasteiger charge is 2.16. The van der Waals surface area contributed by atoms with Crippen LogP contribution in [0, 0.1) is 0 Å². The molecule has 1 amide bonds. The van der Waals surface area contributed by atoms with Crippen LogP contribution in [0.4, 0.5) is 5.69 Å². The highest BCUT2D eigenvalue weighted by molar-refractivity contribution is 7.99. The third-order valence-electron chi connectivity index (χ3n) is 3.75. The predicted octanol–water partition coefficient (Wildman–Crippen LogP) is 2.84. The summed E-state index contributed by atoms with van der Waals surface area (Å²) in [4.78, 5) is 24.3. The second-order valence-electron chi connectivity index (χ2n) is 5.59. The average Bonchev–Trinajstić information content (AvgIpc) is 3.20. The van der Waals surface area contributed by atoms with E-state index in [1.807, 2.05) is 0 Å². The molecule has 9 nitrogen and oxygen atoms in total. The number of hydrogen-bond acceptors (Lipinski definition) is 8. The Morgan fingerprint density at radius 2 is 1.93 bits per heavy atom. The first-order chi connectivity index (χ1) is 14.0. The summed E-state index contributed by atoms with van der Waals surface area (Å²) in [5.74, 6) is -0.206. The summed E-state index contributed by atoms with van der Waals surface area (Å²) >= 11 is 7.11. The van der Waals surface area contributed by atoms with Crippen LogP contribution >= 0.6 is 23.4 Å². The van der Waals surface area contributed by atoms with Gasteiger partial charge in [-0.25, -0.2) is 4.79 Å². The lowest BCUT2D eigenvalue weighted by Crippen LogP contribution is -2.17. The van der Waals surface area contributed by atoms with E-state index in [4.69, 9.17) is 21.1 Å². The molecule has 0 saturated carbocycles. The van der Waals surface area contributed by atoms with Crippen LogP contribution in [0.2, 0.25) is 5.02 Å².